The molecule has 0 amide bonds. The van der Waals surface area contributed by atoms with Crippen molar-refractivity contribution in [2.24, 2.45) is 0 Å². The van der Waals surface area contributed by atoms with Crippen molar-refractivity contribution in [3.63, 3.8) is 0 Å². The molecule has 0 unspecified atom stereocenters. The first-order valence-electron chi connectivity index (χ1n) is 2.69. The van der Waals surface area contributed by atoms with Gasteiger partial charge in [-0.25, -0.2) is 4.98 Å². The van der Waals surface area contributed by atoms with Gasteiger partial charge in [-0.3, -0.25) is 4.79 Å². The van der Waals surface area contributed by atoms with E-state index in [9.17, 15) is 4.79 Å². The fraction of sp³-hybridized carbons (Fsp3) is 0. The molecule has 58 valence electrons. The zero-order valence-corrected chi connectivity index (χ0v) is 6.17. The summed E-state index contributed by atoms with van der Waals surface area (Å²) in [6, 6.07) is 0. The minimum atomic E-state index is -0.0434. The van der Waals surface area contributed by atoms with Crippen LogP contribution >= 0.6 is 11.6 Å². The molecule has 0 saturated heterocycles. The lowest BCUT2D eigenvalue weighted by molar-refractivity contribution is 0.112. The first-order chi connectivity index (χ1) is 5.15. The number of hydrogen-bond acceptors (Lipinski definition) is 5. The molecule has 0 aliphatic rings. The summed E-state index contributed by atoms with van der Waals surface area (Å²) in [4.78, 5) is 17.3. The molecule has 0 aromatic carbocycles. The first kappa shape index (κ1) is 7.74. The van der Waals surface area contributed by atoms with Gasteiger partial charge in [0.15, 0.2) is 6.29 Å². The van der Waals surface area contributed by atoms with Crippen LogP contribution in [0.2, 0.25) is 5.15 Å². The van der Waals surface area contributed by atoms with E-state index in [0.29, 0.717) is 6.29 Å². The quantitative estimate of drug-likeness (QED) is 0.463. The summed E-state index contributed by atoms with van der Waals surface area (Å²) in [5, 5.41) is -0.0231. The van der Waals surface area contributed by atoms with Crippen LogP contribution in [0, 0.1) is 0 Å². The molecular weight excluding hydrogens is 168 g/mol. The van der Waals surface area contributed by atoms with Crippen LogP contribution in [0.5, 0.6) is 0 Å². The molecule has 0 aliphatic heterocycles. The lowest BCUT2D eigenvalue weighted by atomic mass is 10.3. The zero-order chi connectivity index (χ0) is 8.43. The molecule has 6 heteroatoms. The van der Waals surface area contributed by atoms with Crippen LogP contribution in [-0.2, 0) is 0 Å². The molecule has 1 heterocycles. The molecule has 4 N–H and O–H groups in total. The molecule has 0 spiro atoms. The number of halogens is 1. The highest BCUT2D eigenvalue weighted by atomic mass is 35.5. The van der Waals surface area contributed by atoms with E-state index in [4.69, 9.17) is 23.1 Å². The number of rotatable bonds is 1. The van der Waals surface area contributed by atoms with E-state index in [1.165, 1.54) is 0 Å². The third kappa shape index (κ3) is 1.38. The number of carbonyl (C=O) groups is 1. The summed E-state index contributed by atoms with van der Waals surface area (Å²) in [6.07, 6.45) is 0.483. The molecule has 0 bridgehead atoms. The van der Waals surface area contributed by atoms with Crippen molar-refractivity contribution in [3.05, 3.63) is 10.7 Å². The minimum Gasteiger partial charge on any atom is -0.383 e. The van der Waals surface area contributed by atoms with E-state index in [0.717, 1.165) is 0 Å². The SMILES string of the molecule is Nc1nc(N)c(C=O)c(Cl)n1. The van der Waals surface area contributed by atoms with Gasteiger partial charge in [0, 0.05) is 0 Å². The Bertz CT molecular complexity index is 278. The van der Waals surface area contributed by atoms with Crippen molar-refractivity contribution in [2.75, 3.05) is 11.5 Å². The Morgan fingerprint density at radius 3 is 2.45 bits per heavy atom. The van der Waals surface area contributed by atoms with Crippen LogP contribution in [0.4, 0.5) is 11.8 Å². The number of carbonyl (C=O) groups excluding carboxylic acids is 1. The van der Waals surface area contributed by atoms with Crippen LogP contribution in [0.15, 0.2) is 0 Å². The summed E-state index contributed by atoms with van der Waals surface area (Å²) in [5.41, 5.74) is 10.5. The van der Waals surface area contributed by atoms with Gasteiger partial charge >= 0.3 is 0 Å². The molecule has 0 fully saturated rings. The predicted molar refractivity (Wildman–Crippen MR) is 41.3 cm³/mol. The topological polar surface area (TPSA) is 94.9 Å². The summed E-state index contributed by atoms with van der Waals surface area (Å²) in [6.45, 7) is 0. The van der Waals surface area contributed by atoms with E-state index in [2.05, 4.69) is 9.97 Å². The van der Waals surface area contributed by atoms with Crippen molar-refractivity contribution < 1.29 is 4.79 Å². The molecule has 0 aliphatic carbocycles. The number of aldehydes is 1. The molecule has 5 nitrogen and oxygen atoms in total. The van der Waals surface area contributed by atoms with Gasteiger partial charge in [-0.05, 0) is 0 Å². The smallest absolute Gasteiger partial charge is 0.223 e. The second kappa shape index (κ2) is 2.71. The Morgan fingerprint density at radius 2 is 2.00 bits per heavy atom. The average molecular weight is 173 g/mol. The molecule has 0 radical (unpaired) electrons. The van der Waals surface area contributed by atoms with E-state index < -0.39 is 0 Å². The van der Waals surface area contributed by atoms with E-state index in [-0.39, 0.29) is 22.5 Å². The Labute approximate surface area is 67.4 Å². The lowest BCUT2D eigenvalue weighted by Gasteiger charge is -1.99. The maximum Gasteiger partial charge on any atom is 0.223 e. The molecule has 1 aromatic rings. The summed E-state index contributed by atoms with van der Waals surface area (Å²) < 4.78 is 0. The van der Waals surface area contributed by atoms with Crippen molar-refractivity contribution in [1.29, 1.82) is 0 Å². The highest BCUT2D eigenvalue weighted by Gasteiger charge is 2.07. The van der Waals surface area contributed by atoms with Gasteiger partial charge in [0.1, 0.15) is 11.0 Å². The van der Waals surface area contributed by atoms with Gasteiger partial charge in [-0.2, -0.15) is 4.98 Å². The number of anilines is 2. The fourth-order valence-corrected chi connectivity index (χ4v) is 0.812. The second-order valence-electron chi connectivity index (χ2n) is 1.79. The molecule has 1 rings (SSSR count). The van der Waals surface area contributed by atoms with Crippen molar-refractivity contribution in [1.82, 2.24) is 9.97 Å². The van der Waals surface area contributed by atoms with Crippen molar-refractivity contribution in [2.45, 2.75) is 0 Å². The molecule has 0 saturated carbocycles. The Kier molecular flexibility index (Phi) is 1.91. The van der Waals surface area contributed by atoms with Gasteiger partial charge in [-0.1, -0.05) is 11.6 Å². The fourth-order valence-electron chi connectivity index (χ4n) is 0.584. The van der Waals surface area contributed by atoms with Gasteiger partial charge in [-0.15, -0.1) is 0 Å². The van der Waals surface area contributed by atoms with Crippen LogP contribution in [-0.4, -0.2) is 16.3 Å². The minimum absolute atomic E-state index is 0.00231. The highest BCUT2D eigenvalue weighted by molar-refractivity contribution is 6.32. The molecule has 0 atom stereocenters. The van der Waals surface area contributed by atoms with Gasteiger partial charge in [0.05, 0.1) is 5.56 Å². The maximum absolute atomic E-state index is 10.3. The van der Waals surface area contributed by atoms with Crippen LogP contribution in [0.1, 0.15) is 10.4 Å². The highest BCUT2D eigenvalue weighted by Crippen LogP contribution is 2.16. The van der Waals surface area contributed by atoms with E-state index in [1.54, 1.807) is 0 Å². The van der Waals surface area contributed by atoms with E-state index in [1.807, 2.05) is 0 Å². The number of hydrogen-bond donors (Lipinski definition) is 2. The number of nitrogen functional groups attached to an aromatic ring is 2. The summed E-state index contributed by atoms with van der Waals surface area (Å²) >= 11 is 5.49. The number of nitrogens with two attached hydrogens (primary N) is 2. The summed E-state index contributed by atoms with van der Waals surface area (Å²) in [5.74, 6) is -0.0457. The van der Waals surface area contributed by atoms with Gasteiger partial charge in [0.2, 0.25) is 5.95 Å². The van der Waals surface area contributed by atoms with Gasteiger partial charge < -0.3 is 11.5 Å². The third-order valence-electron chi connectivity index (χ3n) is 1.06. The monoisotopic (exact) mass is 172 g/mol. The molecule has 11 heavy (non-hydrogen) atoms. The standard InChI is InChI=1S/C5H5ClN4O/c6-3-2(1-11)4(7)10-5(8)9-3/h1H,(H4,7,8,9,10). The Balaban J connectivity index is 3.36. The lowest BCUT2D eigenvalue weighted by Crippen LogP contribution is -2.04. The Hall–Kier alpha value is -1.36. The largest absolute Gasteiger partial charge is 0.383 e. The van der Waals surface area contributed by atoms with Crippen LogP contribution in [0.25, 0.3) is 0 Å². The first-order valence-corrected chi connectivity index (χ1v) is 3.06. The van der Waals surface area contributed by atoms with Crippen LogP contribution in [0.3, 0.4) is 0 Å². The maximum atomic E-state index is 10.3. The number of nitrogens with zero attached hydrogens (tertiary/aromatic N) is 2. The second-order valence-corrected chi connectivity index (χ2v) is 2.15. The average Bonchev–Trinajstić information content (AvgIpc) is 1.85. The van der Waals surface area contributed by atoms with E-state index >= 15 is 0 Å². The van der Waals surface area contributed by atoms with Crippen LogP contribution < -0.4 is 11.5 Å². The Morgan fingerprint density at radius 1 is 1.36 bits per heavy atom. The van der Waals surface area contributed by atoms with Crippen molar-refractivity contribution in [3.8, 4) is 0 Å². The third-order valence-corrected chi connectivity index (χ3v) is 1.35. The molecule has 1 aromatic heterocycles. The van der Waals surface area contributed by atoms with Crippen molar-refractivity contribution >= 4 is 29.7 Å². The van der Waals surface area contributed by atoms with Gasteiger partial charge in [0.25, 0.3) is 0 Å². The zero-order valence-electron chi connectivity index (χ0n) is 5.41. The normalized spacial score (nSPS) is 9.55. The number of aromatic nitrogens is 2. The summed E-state index contributed by atoms with van der Waals surface area (Å²) in [7, 11) is 0. The molecular formula is C5H5ClN4O. The predicted octanol–water partition coefficient (Wildman–Crippen LogP) is 0.107.